The molecule has 0 radical (unpaired) electrons. The van der Waals surface area contributed by atoms with E-state index in [-0.39, 0.29) is 17.9 Å². The van der Waals surface area contributed by atoms with Crippen LogP contribution in [-0.4, -0.2) is 79.1 Å². The quantitative estimate of drug-likeness (QED) is 0.209. The molecule has 0 bridgehead atoms. The maximum absolute atomic E-state index is 14.8. The van der Waals surface area contributed by atoms with Crippen LogP contribution in [0, 0.1) is 5.92 Å². The van der Waals surface area contributed by atoms with E-state index in [0.717, 1.165) is 60.4 Å². The Morgan fingerprint density at radius 3 is 2.33 bits per heavy atom. The number of urea groups is 1. The first kappa shape index (κ1) is 31.5. The second-order valence-corrected chi connectivity index (χ2v) is 13.2. The monoisotopic (exact) mass is 640 g/mol. The standard InChI is InChI=1S/C40H44N6O2/c1-43(27-30-12-4-2-5-13-30)28-31-24-32-14-8-11-19-38(32)46(29-31)39(47)37(25-33-26-41-36-18-10-9-17-35(33)36)42-40(48)45-22-20-44(21-23-45)34-15-6-3-7-16-34/h2-19,26,31,37,41H,20-25,27-29H2,1H3,(H,42,48)/t31-,37-/m1/s1. The van der Waals surface area contributed by atoms with E-state index in [4.69, 9.17) is 0 Å². The highest BCUT2D eigenvalue weighted by Gasteiger charge is 2.35. The largest absolute Gasteiger partial charge is 0.368 e. The fourth-order valence-corrected chi connectivity index (χ4v) is 7.37. The highest BCUT2D eigenvalue weighted by Crippen LogP contribution is 2.31. The molecule has 0 aliphatic carbocycles. The molecule has 2 atom stereocenters. The molecule has 4 aromatic carbocycles. The number of rotatable bonds is 9. The van der Waals surface area contributed by atoms with Gasteiger partial charge in [0.25, 0.3) is 0 Å². The number of anilines is 2. The maximum atomic E-state index is 14.8. The molecule has 2 N–H and O–H groups in total. The zero-order chi connectivity index (χ0) is 32.9. The molecule has 246 valence electrons. The smallest absolute Gasteiger partial charge is 0.318 e. The number of nitrogens with zero attached hydrogens (tertiary/aromatic N) is 4. The topological polar surface area (TPSA) is 74.9 Å². The number of fused-ring (bicyclic) bond motifs is 2. The fraction of sp³-hybridized carbons (Fsp3) is 0.300. The lowest BCUT2D eigenvalue weighted by atomic mass is 9.91. The van der Waals surface area contributed by atoms with Gasteiger partial charge in [-0.15, -0.1) is 0 Å². The molecule has 1 saturated heterocycles. The SMILES string of the molecule is CN(Cc1ccccc1)C[C@H]1Cc2ccccc2N(C(=O)[C@@H](Cc2c[nH]c3ccccc23)NC(=O)N2CCN(c3ccccc3)CC2)C1. The molecule has 2 aliphatic heterocycles. The average Bonchev–Trinajstić information content (AvgIpc) is 3.54. The lowest BCUT2D eigenvalue weighted by Crippen LogP contribution is -2.58. The van der Waals surface area contributed by atoms with Crippen LogP contribution in [0.2, 0.25) is 0 Å². The van der Waals surface area contributed by atoms with Gasteiger partial charge in [-0.25, -0.2) is 4.79 Å². The molecule has 5 aromatic rings. The Morgan fingerprint density at radius 2 is 1.54 bits per heavy atom. The number of piperazine rings is 1. The van der Waals surface area contributed by atoms with Crippen molar-refractivity contribution in [1.29, 1.82) is 0 Å². The van der Waals surface area contributed by atoms with E-state index in [0.29, 0.717) is 26.1 Å². The van der Waals surface area contributed by atoms with Gasteiger partial charge in [-0.1, -0.05) is 84.9 Å². The zero-order valence-corrected chi connectivity index (χ0v) is 27.6. The van der Waals surface area contributed by atoms with Gasteiger partial charge in [0, 0.05) is 80.7 Å². The van der Waals surface area contributed by atoms with Crippen LogP contribution in [0.5, 0.6) is 0 Å². The number of para-hydroxylation sites is 3. The molecule has 1 aromatic heterocycles. The van der Waals surface area contributed by atoms with E-state index in [2.05, 4.69) is 81.7 Å². The number of aromatic amines is 1. The molecular weight excluding hydrogens is 596 g/mol. The number of carbonyl (C=O) groups is 2. The first-order valence-corrected chi connectivity index (χ1v) is 17.0. The van der Waals surface area contributed by atoms with E-state index in [1.54, 1.807) is 0 Å². The molecule has 8 heteroatoms. The molecule has 48 heavy (non-hydrogen) atoms. The van der Waals surface area contributed by atoms with Crippen molar-refractivity contribution in [2.45, 2.75) is 25.4 Å². The molecular formula is C40H44N6O2. The first-order chi connectivity index (χ1) is 23.5. The van der Waals surface area contributed by atoms with Crippen LogP contribution in [0.15, 0.2) is 115 Å². The number of hydrogen-bond acceptors (Lipinski definition) is 4. The summed E-state index contributed by atoms with van der Waals surface area (Å²) in [5.41, 5.74) is 6.59. The molecule has 8 nitrogen and oxygen atoms in total. The molecule has 2 aliphatic rings. The summed E-state index contributed by atoms with van der Waals surface area (Å²) in [7, 11) is 2.15. The van der Waals surface area contributed by atoms with Crippen LogP contribution in [0.25, 0.3) is 10.9 Å². The zero-order valence-electron chi connectivity index (χ0n) is 27.6. The molecule has 0 unspecified atom stereocenters. The van der Waals surface area contributed by atoms with E-state index in [1.165, 1.54) is 11.1 Å². The molecule has 0 spiro atoms. The number of hydrogen-bond donors (Lipinski definition) is 2. The molecule has 7 rings (SSSR count). The van der Waals surface area contributed by atoms with Crippen molar-refractivity contribution in [2.24, 2.45) is 5.92 Å². The van der Waals surface area contributed by atoms with Gasteiger partial charge in [0.05, 0.1) is 0 Å². The van der Waals surface area contributed by atoms with Crippen molar-refractivity contribution in [3.8, 4) is 0 Å². The number of H-pyrrole nitrogens is 1. The van der Waals surface area contributed by atoms with E-state index in [1.807, 2.05) is 70.6 Å². The van der Waals surface area contributed by atoms with Crippen LogP contribution in [0.3, 0.4) is 0 Å². The third-order valence-corrected chi connectivity index (χ3v) is 9.75. The lowest BCUT2D eigenvalue weighted by Gasteiger charge is -2.39. The van der Waals surface area contributed by atoms with Crippen LogP contribution in [0.1, 0.15) is 16.7 Å². The minimum Gasteiger partial charge on any atom is -0.368 e. The number of carbonyl (C=O) groups excluding carboxylic acids is 2. The minimum atomic E-state index is -0.724. The second-order valence-electron chi connectivity index (χ2n) is 13.2. The van der Waals surface area contributed by atoms with Gasteiger partial charge in [-0.3, -0.25) is 4.79 Å². The Kier molecular flexibility index (Phi) is 9.43. The van der Waals surface area contributed by atoms with Crippen molar-refractivity contribution in [2.75, 3.05) is 56.1 Å². The number of amides is 3. The van der Waals surface area contributed by atoms with Crippen LogP contribution in [0.4, 0.5) is 16.2 Å². The molecule has 3 amide bonds. The van der Waals surface area contributed by atoms with Crippen LogP contribution < -0.4 is 15.1 Å². The van der Waals surface area contributed by atoms with E-state index < -0.39 is 6.04 Å². The van der Waals surface area contributed by atoms with Crippen LogP contribution in [-0.2, 0) is 24.2 Å². The average molecular weight is 641 g/mol. The predicted octanol–water partition coefficient (Wildman–Crippen LogP) is 5.95. The Hall–Kier alpha value is -5.08. The van der Waals surface area contributed by atoms with Crippen molar-refractivity contribution in [3.63, 3.8) is 0 Å². The Labute approximate surface area is 283 Å². The summed E-state index contributed by atoms with van der Waals surface area (Å²) in [5.74, 6) is 0.187. The normalized spacial score (nSPS) is 17.0. The summed E-state index contributed by atoms with van der Waals surface area (Å²) in [4.78, 5) is 40.4. The van der Waals surface area contributed by atoms with Gasteiger partial charge >= 0.3 is 6.03 Å². The lowest BCUT2D eigenvalue weighted by molar-refractivity contribution is -0.120. The third-order valence-electron chi connectivity index (χ3n) is 9.75. The minimum absolute atomic E-state index is 0.0700. The van der Waals surface area contributed by atoms with Crippen molar-refractivity contribution >= 4 is 34.2 Å². The Morgan fingerprint density at radius 1 is 0.854 bits per heavy atom. The number of benzene rings is 4. The highest BCUT2D eigenvalue weighted by molar-refractivity contribution is 6.00. The fourth-order valence-electron chi connectivity index (χ4n) is 7.37. The van der Waals surface area contributed by atoms with Crippen LogP contribution >= 0.6 is 0 Å². The van der Waals surface area contributed by atoms with Gasteiger partial charge in [0.1, 0.15) is 6.04 Å². The summed E-state index contributed by atoms with van der Waals surface area (Å²) in [5, 5.41) is 4.28. The van der Waals surface area contributed by atoms with Crippen molar-refractivity contribution in [1.82, 2.24) is 20.1 Å². The summed E-state index contributed by atoms with van der Waals surface area (Å²) in [6, 6.07) is 36.3. The summed E-state index contributed by atoms with van der Waals surface area (Å²) in [6.07, 6.45) is 3.28. The Bertz CT molecular complexity index is 1830. The van der Waals surface area contributed by atoms with Gasteiger partial charge in [0.15, 0.2) is 0 Å². The van der Waals surface area contributed by atoms with E-state index >= 15 is 0 Å². The third kappa shape index (κ3) is 7.09. The van der Waals surface area contributed by atoms with Gasteiger partial charge in [-0.2, -0.15) is 0 Å². The second kappa shape index (κ2) is 14.4. The Balaban J connectivity index is 1.11. The van der Waals surface area contributed by atoms with Gasteiger partial charge in [-0.05, 0) is 60.3 Å². The first-order valence-electron chi connectivity index (χ1n) is 17.0. The van der Waals surface area contributed by atoms with E-state index in [9.17, 15) is 9.59 Å². The van der Waals surface area contributed by atoms with Gasteiger partial charge < -0.3 is 29.9 Å². The molecule has 1 fully saturated rings. The summed E-state index contributed by atoms with van der Waals surface area (Å²) < 4.78 is 0. The highest BCUT2D eigenvalue weighted by atomic mass is 16.2. The van der Waals surface area contributed by atoms with Gasteiger partial charge in [0.2, 0.25) is 5.91 Å². The molecule has 0 saturated carbocycles. The maximum Gasteiger partial charge on any atom is 0.318 e. The summed E-state index contributed by atoms with van der Waals surface area (Å²) >= 11 is 0. The number of nitrogens with one attached hydrogen (secondary N) is 2. The van der Waals surface area contributed by atoms with Crippen molar-refractivity contribution < 1.29 is 9.59 Å². The van der Waals surface area contributed by atoms with Crippen molar-refractivity contribution in [3.05, 3.63) is 132 Å². The molecule has 3 heterocycles. The number of aromatic nitrogens is 1. The summed E-state index contributed by atoms with van der Waals surface area (Å²) in [6.45, 7) is 4.99. The predicted molar refractivity (Wildman–Crippen MR) is 193 cm³/mol.